The first-order valence-corrected chi connectivity index (χ1v) is 5.93. The van der Waals surface area contributed by atoms with Crippen molar-refractivity contribution in [2.24, 2.45) is 5.34 Å². The lowest BCUT2D eigenvalue weighted by Gasteiger charge is -1.97. The number of pyridine rings is 1. The van der Waals surface area contributed by atoms with Crippen LogP contribution in [0, 0.1) is 16.7 Å². The van der Waals surface area contributed by atoms with Gasteiger partial charge in [0.05, 0.1) is 12.7 Å². The molecule has 0 saturated carbocycles. The van der Waals surface area contributed by atoms with E-state index in [1.54, 1.807) is 7.11 Å². The van der Waals surface area contributed by atoms with Crippen LogP contribution in [0.1, 0.15) is 21.6 Å². The van der Waals surface area contributed by atoms with Gasteiger partial charge in [-0.25, -0.2) is 9.78 Å². The van der Waals surface area contributed by atoms with Gasteiger partial charge in [-0.3, -0.25) is 0 Å². The second-order valence-electron chi connectivity index (χ2n) is 3.80. The van der Waals surface area contributed by atoms with Crippen LogP contribution in [0.3, 0.4) is 0 Å². The Balaban J connectivity index is 0.000000745. The molecule has 0 spiro atoms. The third-order valence-electron chi connectivity index (χ3n) is 2.43. The van der Waals surface area contributed by atoms with Crippen molar-refractivity contribution < 1.29 is 19.8 Å². The lowest BCUT2D eigenvalue weighted by molar-refractivity contribution is 0.0696. The zero-order valence-electron chi connectivity index (χ0n) is 11.6. The van der Waals surface area contributed by atoms with Gasteiger partial charge in [-0.1, -0.05) is 5.92 Å². The summed E-state index contributed by atoms with van der Waals surface area (Å²) in [5.74, 6) is 5.52. The van der Waals surface area contributed by atoms with E-state index < -0.39 is 5.97 Å². The molecule has 7 nitrogen and oxygen atoms in total. The third kappa shape index (κ3) is 5.30. The summed E-state index contributed by atoms with van der Waals surface area (Å²) >= 11 is 0. The second-order valence-corrected chi connectivity index (χ2v) is 3.80. The van der Waals surface area contributed by atoms with E-state index in [1.807, 2.05) is 24.3 Å². The van der Waals surface area contributed by atoms with E-state index in [1.165, 1.54) is 23.7 Å². The minimum atomic E-state index is -0.991. The van der Waals surface area contributed by atoms with Gasteiger partial charge in [-0.2, -0.15) is 0 Å². The number of hydrogen-bond donors (Lipinski definition) is 2. The second kappa shape index (κ2) is 8.71. The molecule has 0 aliphatic heterocycles. The maximum Gasteiger partial charge on any atom is 0.335 e. The average molecular weight is 300 g/mol. The Morgan fingerprint density at radius 2 is 1.86 bits per heavy atom. The molecular formula is C15H12N2O5. The van der Waals surface area contributed by atoms with E-state index in [0.717, 1.165) is 11.3 Å². The molecule has 0 bridgehead atoms. The molecule has 2 N–H and O–H groups in total. The number of rotatable bonds is 2. The molecule has 0 radical (unpaired) electrons. The SMILES string of the molecule is COc1ccc(C#Cc2cc(C(=O)O)ccn2)cc1.O=NO. The summed E-state index contributed by atoms with van der Waals surface area (Å²) < 4.78 is 5.05. The highest BCUT2D eigenvalue weighted by Crippen LogP contribution is 2.10. The number of ether oxygens (including phenoxy) is 1. The normalized spacial score (nSPS) is 8.59. The van der Waals surface area contributed by atoms with Crippen LogP contribution in [0.15, 0.2) is 47.9 Å². The Hall–Kier alpha value is -3.40. The molecule has 1 heterocycles. The number of carboxylic acid groups (broad SMARTS) is 1. The highest BCUT2D eigenvalue weighted by atomic mass is 16.6. The first-order valence-electron chi connectivity index (χ1n) is 5.93. The van der Waals surface area contributed by atoms with E-state index in [2.05, 4.69) is 16.8 Å². The molecular weight excluding hydrogens is 288 g/mol. The number of carbonyl (C=O) groups is 1. The average Bonchev–Trinajstić information content (AvgIpc) is 2.54. The van der Waals surface area contributed by atoms with Crippen LogP contribution < -0.4 is 4.74 Å². The molecule has 7 heteroatoms. The van der Waals surface area contributed by atoms with Crippen LogP contribution in [0.4, 0.5) is 0 Å². The van der Waals surface area contributed by atoms with E-state index in [4.69, 9.17) is 20.0 Å². The third-order valence-corrected chi connectivity index (χ3v) is 2.43. The monoisotopic (exact) mass is 300 g/mol. The number of methoxy groups -OCH3 is 1. The number of nitrogens with zero attached hydrogens (tertiary/aromatic N) is 2. The molecule has 2 aromatic rings. The zero-order valence-corrected chi connectivity index (χ0v) is 11.6. The number of aromatic nitrogens is 1. The van der Waals surface area contributed by atoms with Crippen LogP contribution >= 0.6 is 0 Å². The molecule has 0 fully saturated rings. The summed E-state index contributed by atoms with van der Waals surface area (Å²) in [5.41, 5.74) is 1.41. The molecule has 0 atom stereocenters. The smallest absolute Gasteiger partial charge is 0.335 e. The molecule has 1 aromatic carbocycles. The van der Waals surface area contributed by atoms with Gasteiger partial charge < -0.3 is 15.1 Å². The summed E-state index contributed by atoms with van der Waals surface area (Å²) in [7, 11) is 1.60. The largest absolute Gasteiger partial charge is 0.497 e. The summed E-state index contributed by atoms with van der Waals surface area (Å²) in [5, 5.41) is 16.8. The Bertz CT molecular complexity index is 702. The zero-order chi connectivity index (χ0) is 16.4. The molecule has 22 heavy (non-hydrogen) atoms. The highest BCUT2D eigenvalue weighted by molar-refractivity contribution is 5.87. The minimum Gasteiger partial charge on any atom is -0.497 e. The topological polar surface area (TPSA) is 109 Å². The lowest BCUT2D eigenvalue weighted by Crippen LogP contribution is -1.97. The first-order chi connectivity index (χ1) is 10.6. The Morgan fingerprint density at radius 1 is 1.23 bits per heavy atom. The molecule has 2 rings (SSSR count). The standard InChI is InChI=1S/C15H11NO3.HNO2/c1-19-14-6-3-11(4-7-14)2-5-13-10-12(15(17)18)8-9-16-13;2-1-3/h3-4,6-10H,1H3,(H,17,18);(H,2,3). The van der Waals surface area contributed by atoms with Crippen molar-refractivity contribution in [2.45, 2.75) is 0 Å². The molecule has 0 aliphatic carbocycles. The van der Waals surface area contributed by atoms with Crippen LogP contribution in [0.25, 0.3) is 0 Å². The minimum absolute atomic E-state index is 0.175. The fourth-order valence-corrected chi connectivity index (χ4v) is 1.44. The number of benzene rings is 1. The van der Waals surface area contributed by atoms with Gasteiger partial charge in [0, 0.05) is 11.8 Å². The Labute approximate surface area is 126 Å². The van der Waals surface area contributed by atoms with Gasteiger partial charge in [-0.05, 0) is 42.3 Å². The predicted octanol–water partition coefficient (Wildman–Crippen LogP) is 2.33. The van der Waals surface area contributed by atoms with Gasteiger partial charge in [0.1, 0.15) is 11.4 Å². The van der Waals surface area contributed by atoms with Crippen LogP contribution in [0.5, 0.6) is 5.75 Å². The summed E-state index contributed by atoms with van der Waals surface area (Å²) in [6.45, 7) is 0. The van der Waals surface area contributed by atoms with Crippen molar-refractivity contribution in [1.29, 1.82) is 0 Å². The molecule has 0 amide bonds. The first kappa shape index (κ1) is 16.7. The van der Waals surface area contributed by atoms with Crippen LogP contribution in [-0.4, -0.2) is 28.4 Å². The number of carboxylic acids is 1. The molecule has 0 saturated heterocycles. The van der Waals surface area contributed by atoms with Crippen molar-refractivity contribution in [3.8, 4) is 17.6 Å². The van der Waals surface area contributed by atoms with E-state index in [9.17, 15) is 4.79 Å². The molecule has 0 aliphatic rings. The fraction of sp³-hybridized carbons (Fsp3) is 0.0667. The lowest BCUT2D eigenvalue weighted by atomic mass is 10.2. The Morgan fingerprint density at radius 3 is 2.41 bits per heavy atom. The van der Waals surface area contributed by atoms with Gasteiger partial charge in [0.15, 0.2) is 5.34 Å². The van der Waals surface area contributed by atoms with Crippen molar-refractivity contribution in [3.05, 3.63) is 64.3 Å². The van der Waals surface area contributed by atoms with E-state index in [0.29, 0.717) is 5.69 Å². The van der Waals surface area contributed by atoms with E-state index >= 15 is 0 Å². The number of aromatic carboxylic acids is 1. The quantitative estimate of drug-likeness (QED) is 0.500. The summed E-state index contributed by atoms with van der Waals surface area (Å²) in [4.78, 5) is 22.9. The summed E-state index contributed by atoms with van der Waals surface area (Å²) in [6.07, 6.45) is 1.43. The predicted molar refractivity (Wildman–Crippen MR) is 77.8 cm³/mol. The maximum absolute atomic E-state index is 10.8. The van der Waals surface area contributed by atoms with Gasteiger partial charge in [-0.15, -0.1) is 4.91 Å². The number of hydrogen-bond acceptors (Lipinski definition) is 5. The highest BCUT2D eigenvalue weighted by Gasteiger charge is 2.02. The van der Waals surface area contributed by atoms with Gasteiger partial charge >= 0.3 is 5.97 Å². The van der Waals surface area contributed by atoms with Crippen molar-refractivity contribution in [1.82, 2.24) is 4.98 Å². The van der Waals surface area contributed by atoms with Crippen molar-refractivity contribution >= 4 is 5.97 Å². The molecule has 112 valence electrons. The van der Waals surface area contributed by atoms with Gasteiger partial charge in [0.25, 0.3) is 0 Å². The van der Waals surface area contributed by atoms with Crippen molar-refractivity contribution in [3.63, 3.8) is 0 Å². The maximum atomic E-state index is 10.8. The Kier molecular flexibility index (Phi) is 6.59. The van der Waals surface area contributed by atoms with E-state index in [-0.39, 0.29) is 5.56 Å². The molecule has 0 unspecified atom stereocenters. The van der Waals surface area contributed by atoms with Crippen LogP contribution in [-0.2, 0) is 0 Å². The van der Waals surface area contributed by atoms with Crippen LogP contribution in [0.2, 0.25) is 0 Å². The molecule has 1 aromatic heterocycles. The fourth-order valence-electron chi connectivity index (χ4n) is 1.44. The van der Waals surface area contributed by atoms with Gasteiger partial charge in [0.2, 0.25) is 0 Å². The van der Waals surface area contributed by atoms with Crippen molar-refractivity contribution in [2.75, 3.05) is 7.11 Å². The summed E-state index contributed by atoms with van der Waals surface area (Å²) in [6, 6.07) is 10.1.